The van der Waals surface area contributed by atoms with E-state index in [4.69, 9.17) is 34.3 Å². The van der Waals surface area contributed by atoms with Gasteiger partial charge in [-0.15, -0.1) is 0 Å². The number of fused-ring (bicyclic) bond motifs is 3. The van der Waals surface area contributed by atoms with Crippen molar-refractivity contribution in [2.24, 2.45) is 0 Å². The Hall–Kier alpha value is -7.64. The van der Waals surface area contributed by atoms with Crippen molar-refractivity contribution in [2.45, 2.75) is 58.3 Å². The summed E-state index contributed by atoms with van der Waals surface area (Å²) in [5.74, 6) is 4.09. The summed E-state index contributed by atoms with van der Waals surface area (Å²) in [7, 11) is 0. The third kappa shape index (κ3) is 7.97. The number of rotatable bonds is 10. The average molecular weight is 833 g/mol. The summed E-state index contributed by atoms with van der Waals surface area (Å²) in [4.78, 5) is 30.6. The van der Waals surface area contributed by atoms with E-state index in [9.17, 15) is 0 Å². The molecule has 0 spiro atoms. The fourth-order valence-corrected chi connectivity index (χ4v) is 8.31. The van der Waals surface area contributed by atoms with Crippen molar-refractivity contribution in [2.75, 3.05) is 0 Å². The summed E-state index contributed by atoms with van der Waals surface area (Å²) >= 11 is 0. The number of hydrogen-bond acceptors (Lipinski definition) is 7. The molecule has 7 nitrogen and oxygen atoms in total. The van der Waals surface area contributed by atoms with Gasteiger partial charge in [-0.3, -0.25) is 0 Å². The van der Waals surface area contributed by atoms with E-state index in [2.05, 4.69) is 168 Å². The van der Waals surface area contributed by atoms with E-state index in [-0.39, 0.29) is 5.41 Å². The highest BCUT2D eigenvalue weighted by Gasteiger charge is 2.31. The largest absolute Gasteiger partial charge is 0.456 e. The van der Waals surface area contributed by atoms with Gasteiger partial charge in [0.25, 0.3) is 0 Å². The van der Waals surface area contributed by atoms with Crippen LogP contribution in [-0.2, 0) is 17.3 Å². The Morgan fingerprint density at radius 3 is 1.47 bits per heavy atom. The van der Waals surface area contributed by atoms with Crippen molar-refractivity contribution >= 4 is 21.9 Å². The Morgan fingerprint density at radius 2 is 0.844 bits per heavy atom. The van der Waals surface area contributed by atoms with Gasteiger partial charge in [0.05, 0.1) is 0 Å². The first-order valence-electron chi connectivity index (χ1n) is 22.0. The monoisotopic (exact) mass is 832 g/mol. The lowest BCUT2D eigenvalue weighted by atomic mass is 9.78. The number of para-hydroxylation sites is 1. The molecule has 0 N–H and O–H groups in total. The number of nitrogens with zero attached hydrogens (tertiary/aromatic N) is 6. The van der Waals surface area contributed by atoms with E-state index in [0.717, 1.165) is 85.4 Å². The molecule has 1 unspecified atom stereocenters. The highest BCUT2D eigenvalue weighted by Crippen LogP contribution is 2.38. The van der Waals surface area contributed by atoms with Crippen LogP contribution >= 0.6 is 0 Å². The van der Waals surface area contributed by atoms with Crippen LogP contribution in [-0.4, -0.2) is 29.9 Å². The molecule has 7 heteroatoms. The van der Waals surface area contributed by atoms with Gasteiger partial charge in [-0.25, -0.2) is 29.9 Å². The van der Waals surface area contributed by atoms with E-state index in [1.807, 2.05) is 42.5 Å². The maximum atomic E-state index is 6.29. The molecule has 64 heavy (non-hydrogen) atoms. The fraction of sp³-hybridized carbons (Fsp3) is 0.158. The van der Waals surface area contributed by atoms with Crippen LogP contribution in [0.4, 0.5) is 0 Å². The minimum atomic E-state index is -0.426. The molecule has 10 rings (SSSR count). The minimum Gasteiger partial charge on any atom is -0.456 e. The van der Waals surface area contributed by atoms with E-state index >= 15 is 0 Å². The van der Waals surface area contributed by atoms with Crippen molar-refractivity contribution in [1.29, 1.82) is 0 Å². The third-order valence-electron chi connectivity index (χ3n) is 12.2. The first kappa shape index (κ1) is 40.4. The third-order valence-corrected chi connectivity index (χ3v) is 12.2. The minimum absolute atomic E-state index is 0.273. The standard InChI is InChI=1S/C57H48N6O/c1-6-57(5,55-62-50(40-19-11-8-12-20-40)59-53(63-55)43-33-34-47-46-23-15-16-24-48(46)64-49(47)35-43)36-44-21-13-14-22-45(44)39-27-31-42(32-28-39)52-58-51(60-54(61-52)56(2,3)4)41-29-25-38(26-30-41)37-17-9-7-10-18-37/h7-35H,6,36H2,1-5H3. The molecule has 7 aromatic carbocycles. The predicted molar refractivity (Wildman–Crippen MR) is 260 cm³/mol. The molecule has 0 aliphatic heterocycles. The maximum Gasteiger partial charge on any atom is 0.163 e. The zero-order valence-corrected chi connectivity index (χ0v) is 36.7. The molecule has 0 fully saturated rings. The van der Waals surface area contributed by atoms with Crippen LogP contribution in [0.5, 0.6) is 0 Å². The van der Waals surface area contributed by atoms with Gasteiger partial charge in [-0.05, 0) is 58.9 Å². The first-order valence-corrected chi connectivity index (χ1v) is 22.0. The Balaban J connectivity index is 0.984. The Kier molecular flexibility index (Phi) is 10.5. The normalized spacial score (nSPS) is 12.7. The Morgan fingerprint density at radius 1 is 0.391 bits per heavy atom. The lowest BCUT2D eigenvalue weighted by molar-refractivity contribution is 0.423. The molecule has 3 aromatic heterocycles. The predicted octanol–water partition coefficient (Wildman–Crippen LogP) is 14.2. The Bertz CT molecular complexity index is 3260. The molecule has 1 atom stereocenters. The van der Waals surface area contributed by atoms with Crippen LogP contribution in [0.1, 0.15) is 58.3 Å². The number of furan rings is 1. The van der Waals surface area contributed by atoms with E-state index in [0.29, 0.717) is 23.3 Å². The van der Waals surface area contributed by atoms with Crippen molar-refractivity contribution in [1.82, 2.24) is 29.9 Å². The summed E-state index contributed by atoms with van der Waals surface area (Å²) in [6.45, 7) is 10.9. The highest BCUT2D eigenvalue weighted by molar-refractivity contribution is 6.05. The molecule has 0 amide bonds. The highest BCUT2D eigenvalue weighted by atomic mass is 16.3. The first-order chi connectivity index (χ1) is 31.1. The Labute approximate surface area is 374 Å². The number of hydrogen-bond donors (Lipinski definition) is 0. The molecule has 0 aliphatic carbocycles. The molecule has 0 bridgehead atoms. The molecule has 0 aliphatic rings. The SMILES string of the molecule is CCC(C)(Cc1ccccc1-c1ccc(-c2nc(-c3ccc(-c4ccccc4)cc3)nc(C(C)(C)C)n2)cc1)c1nc(-c2ccccc2)nc(-c2ccc3c(c2)oc2ccccc23)n1. The van der Waals surface area contributed by atoms with Gasteiger partial charge >= 0.3 is 0 Å². The van der Waals surface area contributed by atoms with E-state index < -0.39 is 5.41 Å². The smallest absolute Gasteiger partial charge is 0.163 e. The summed E-state index contributed by atoms with van der Waals surface area (Å²) in [6.07, 6.45) is 1.53. The molecule has 10 aromatic rings. The fourth-order valence-electron chi connectivity index (χ4n) is 8.31. The van der Waals surface area contributed by atoms with Crippen LogP contribution in [0.3, 0.4) is 0 Å². The van der Waals surface area contributed by atoms with Gasteiger partial charge in [0.15, 0.2) is 23.3 Å². The number of aromatic nitrogens is 6. The molecule has 3 heterocycles. The number of benzene rings is 7. The second-order valence-corrected chi connectivity index (χ2v) is 17.8. The van der Waals surface area contributed by atoms with Crippen LogP contribution < -0.4 is 0 Å². The summed E-state index contributed by atoms with van der Waals surface area (Å²) in [5, 5.41) is 2.16. The van der Waals surface area contributed by atoms with Gasteiger partial charge in [-0.2, -0.15) is 0 Å². The quantitative estimate of drug-likeness (QED) is 0.136. The van der Waals surface area contributed by atoms with Gasteiger partial charge < -0.3 is 4.42 Å². The van der Waals surface area contributed by atoms with Gasteiger partial charge in [0.1, 0.15) is 22.8 Å². The van der Waals surface area contributed by atoms with Crippen LogP contribution in [0.2, 0.25) is 0 Å². The van der Waals surface area contributed by atoms with Crippen LogP contribution in [0, 0.1) is 0 Å². The zero-order valence-electron chi connectivity index (χ0n) is 36.7. The van der Waals surface area contributed by atoms with Crippen molar-refractivity contribution in [3.05, 3.63) is 193 Å². The topological polar surface area (TPSA) is 90.5 Å². The lowest BCUT2D eigenvalue weighted by Gasteiger charge is -2.28. The average Bonchev–Trinajstić information content (AvgIpc) is 3.72. The van der Waals surface area contributed by atoms with E-state index in [1.165, 1.54) is 11.1 Å². The molecule has 0 radical (unpaired) electrons. The maximum absolute atomic E-state index is 6.29. The second kappa shape index (κ2) is 16.6. The van der Waals surface area contributed by atoms with Gasteiger partial charge in [-0.1, -0.05) is 192 Å². The van der Waals surface area contributed by atoms with Crippen molar-refractivity contribution < 1.29 is 4.42 Å². The van der Waals surface area contributed by atoms with Gasteiger partial charge in [0.2, 0.25) is 0 Å². The molecule has 312 valence electrons. The lowest BCUT2D eigenvalue weighted by Crippen LogP contribution is -2.28. The van der Waals surface area contributed by atoms with Crippen LogP contribution in [0.25, 0.3) is 89.7 Å². The summed E-state index contributed by atoms with van der Waals surface area (Å²) in [6, 6.07) is 60.6. The zero-order chi connectivity index (χ0) is 43.8. The van der Waals surface area contributed by atoms with Crippen molar-refractivity contribution in [3.63, 3.8) is 0 Å². The second-order valence-electron chi connectivity index (χ2n) is 17.8. The van der Waals surface area contributed by atoms with Crippen LogP contribution in [0.15, 0.2) is 180 Å². The van der Waals surface area contributed by atoms with E-state index in [1.54, 1.807) is 0 Å². The molecular weight excluding hydrogens is 785 g/mol. The molecular formula is C57H48N6O. The van der Waals surface area contributed by atoms with Crippen molar-refractivity contribution in [3.8, 4) is 67.8 Å². The van der Waals surface area contributed by atoms with Gasteiger partial charge in [0, 0.05) is 43.9 Å². The molecule has 0 saturated carbocycles. The summed E-state index contributed by atoms with van der Waals surface area (Å²) < 4.78 is 6.29. The summed E-state index contributed by atoms with van der Waals surface area (Å²) in [5.41, 5.74) is 10.5. The molecule has 0 saturated heterocycles.